The maximum absolute atomic E-state index is 15.7. The Balaban J connectivity index is 3.18. The van der Waals surface area contributed by atoms with Gasteiger partial charge in [-0.2, -0.15) is 22.0 Å². The summed E-state index contributed by atoms with van der Waals surface area (Å²) in [6.45, 7) is 3.03. The summed E-state index contributed by atoms with van der Waals surface area (Å²) in [5.74, 6) is -13.9. The van der Waals surface area contributed by atoms with Gasteiger partial charge in [0.05, 0.1) is 0 Å². The van der Waals surface area contributed by atoms with Crippen molar-refractivity contribution < 1.29 is 36.2 Å². The molecule has 0 N–H and O–H groups in total. The van der Waals surface area contributed by atoms with Gasteiger partial charge in [-0.15, -0.1) is 0 Å². The van der Waals surface area contributed by atoms with Crippen LogP contribution in [0.1, 0.15) is 64.9 Å². The number of hydrogen-bond donors (Lipinski definition) is 0. The van der Waals surface area contributed by atoms with Crippen LogP contribution in [-0.2, 0) is 20.1 Å². The summed E-state index contributed by atoms with van der Waals surface area (Å²) in [7, 11) is 0. The van der Waals surface area contributed by atoms with Gasteiger partial charge in [-0.3, -0.25) is 4.74 Å². The van der Waals surface area contributed by atoms with Crippen molar-refractivity contribution in [2.24, 2.45) is 0 Å². The van der Waals surface area contributed by atoms with Crippen LogP contribution in [0.15, 0.2) is 30.3 Å². The van der Waals surface area contributed by atoms with E-state index >= 15 is 4.39 Å². The fourth-order valence-electron chi connectivity index (χ4n) is 2.84. The predicted octanol–water partition coefficient (Wildman–Crippen LogP) is 6.81. The molecule has 0 aliphatic heterocycles. The maximum Gasteiger partial charge on any atom is 0.371 e. The summed E-state index contributed by atoms with van der Waals surface area (Å²) < 4.78 is 89.5. The van der Waals surface area contributed by atoms with Gasteiger partial charge in [-0.05, 0) is 20.3 Å². The van der Waals surface area contributed by atoms with E-state index in [1.807, 2.05) is 6.92 Å². The summed E-state index contributed by atoms with van der Waals surface area (Å²) >= 11 is 0. The highest BCUT2D eigenvalue weighted by Crippen LogP contribution is 2.53. The van der Waals surface area contributed by atoms with Crippen LogP contribution in [0.4, 0.5) is 22.0 Å². The second-order valence-electron chi connectivity index (χ2n) is 6.72. The molecule has 0 amide bonds. The zero-order valence-corrected chi connectivity index (χ0v) is 17.2. The lowest BCUT2D eigenvalue weighted by molar-refractivity contribution is -0.427. The van der Waals surface area contributed by atoms with Gasteiger partial charge in [0.1, 0.15) is 0 Å². The Morgan fingerprint density at radius 3 is 1.86 bits per heavy atom. The average molecular weight is 426 g/mol. The third kappa shape index (κ3) is 6.62. The van der Waals surface area contributed by atoms with Crippen molar-refractivity contribution in [2.75, 3.05) is 13.2 Å². The zero-order valence-electron chi connectivity index (χ0n) is 17.2. The molecule has 0 fully saturated rings. The molecule has 0 bridgehead atoms. The van der Waals surface area contributed by atoms with E-state index < -0.39 is 36.2 Å². The van der Waals surface area contributed by atoms with Crippen molar-refractivity contribution in [2.45, 2.75) is 83.5 Å². The highest BCUT2D eigenvalue weighted by Gasteiger charge is 2.72. The second kappa shape index (κ2) is 11.8. The maximum atomic E-state index is 15.7. The van der Waals surface area contributed by atoms with Crippen LogP contribution in [0.3, 0.4) is 0 Å². The number of ether oxygens (including phenoxy) is 3. The molecule has 1 atom stereocenters. The van der Waals surface area contributed by atoms with Gasteiger partial charge in [0.25, 0.3) is 6.48 Å². The highest BCUT2D eigenvalue weighted by atomic mass is 19.3. The molecule has 29 heavy (non-hydrogen) atoms. The molecule has 0 aromatic heterocycles. The van der Waals surface area contributed by atoms with E-state index in [0.717, 1.165) is 25.0 Å². The molecule has 0 saturated carbocycles. The molecule has 0 aliphatic rings. The third-order valence-corrected chi connectivity index (χ3v) is 4.47. The molecule has 168 valence electrons. The van der Waals surface area contributed by atoms with Crippen molar-refractivity contribution in [1.29, 1.82) is 0 Å². The van der Waals surface area contributed by atoms with Crippen LogP contribution in [0.2, 0.25) is 0 Å². The van der Waals surface area contributed by atoms with Crippen LogP contribution in [0, 0.1) is 0 Å². The number of alkyl halides is 5. The van der Waals surface area contributed by atoms with E-state index in [1.165, 1.54) is 32.0 Å². The second-order valence-corrected chi connectivity index (χ2v) is 6.72. The largest absolute Gasteiger partial charge is 0.371 e. The third-order valence-electron chi connectivity index (χ3n) is 4.47. The predicted molar refractivity (Wildman–Crippen MR) is 101 cm³/mol. The lowest BCUT2D eigenvalue weighted by Crippen LogP contribution is -2.57. The fourth-order valence-corrected chi connectivity index (χ4v) is 2.84. The molecule has 1 aromatic rings. The van der Waals surface area contributed by atoms with Gasteiger partial charge in [-0.25, -0.2) is 0 Å². The van der Waals surface area contributed by atoms with E-state index in [0.29, 0.717) is 12.8 Å². The topological polar surface area (TPSA) is 27.7 Å². The van der Waals surface area contributed by atoms with Crippen LogP contribution >= 0.6 is 0 Å². The van der Waals surface area contributed by atoms with Crippen LogP contribution in [0.5, 0.6) is 0 Å². The first-order valence-corrected chi connectivity index (χ1v) is 10.1. The number of rotatable bonds is 15. The first kappa shape index (κ1) is 25.8. The molecule has 1 rings (SSSR count). The SMILES string of the molecule is CCCCCCCC(F)(F)C(F)(F)C(F)(OC(OCC)OCC)c1ccccc1. The van der Waals surface area contributed by atoms with E-state index in [2.05, 4.69) is 0 Å². The summed E-state index contributed by atoms with van der Waals surface area (Å²) in [6.07, 6.45) is 1.44. The average Bonchev–Trinajstić information content (AvgIpc) is 2.68. The molecular formula is C21H31F5O3. The minimum absolute atomic E-state index is 0.0467. The summed E-state index contributed by atoms with van der Waals surface area (Å²) in [5, 5.41) is 0. The van der Waals surface area contributed by atoms with Crippen molar-refractivity contribution in [3.63, 3.8) is 0 Å². The molecule has 3 nitrogen and oxygen atoms in total. The molecule has 0 spiro atoms. The first-order chi connectivity index (χ1) is 13.7. The number of hydrogen-bond acceptors (Lipinski definition) is 3. The number of unbranched alkanes of at least 4 members (excludes halogenated alkanes) is 4. The lowest BCUT2D eigenvalue weighted by atomic mass is 9.92. The van der Waals surface area contributed by atoms with E-state index in [4.69, 9.17) is 14.2 Å². The van der Waals surface area contributed by atoms with Gasteiger partial charge in [-0.1, -0.05) is 62.9 Å². The van der Waals surface area contributed by atoms with Crippen molar-refractivity contribution in [3.8, 4) is 0 Å². The number of benzene rings is 1. The zero-order chi connectivity index (χ0) is 22.0. The van der Waals surface area contributed by atoms with Crippen LogP contribution in [0.25, 0.3) is 0 Å². The Kier molecular flexibility index (Phi) is 10.5. The molecule has 0 radical (unpaired) electrons. The van der Waals surface area contributed by atoms with Crippen LogP contribution in [-0.4, -0.2) is 31.5 Å². The highest BCUT2D eigenvalue weighted by molar-refractivity contribution is 5.24. The molecule has 1 aromatic carbocycles. The molecule has 1 unspecified atom stereocenters. The molecule has 0 saturated heterocycles. The Morgan fingerprint density at radius 1 is 0.793 bits per heavy atom. The monoisotopic (exact) mass is 426 g/mol. The summed E-state index contributed by atoms with van der Waals surface area (Å²) in [5.41, 5.74) is -0.736. The van der Waals surface area contributed by atoms with Gasteiger partial charge in [0.2, 0.25) is 0 Å². The quantitative estimate of drug-likeness (QED) is 0.175. The van der Waals surface area contributed by atoms with Gasteiger partial charge < -0.3 is 9.47 Å². The van der Waals surface area contributed by atoms with Crippen molar-refractivity contribution in [3.05, 3.63) is 35.9 Å². The minimum Gasteiger partial charge on any atom is -0.330 e. The molecular weight excluding hydrogens is 395 g/mol. The van der Waals surface area contributed by atoms with Crippen LogP contribution < -0.4 is 0 Å². The molecule has 8 heteroatoms. The Labute approximate surface area is 169 Å². The Hall–Kier alpha value is -1.25. The van der Waals surface area contributed by atoms with E-state index in [1.54, 1.807) is 0 Å². The minimum atomic E-state index is -5.15. The Morgan fingerprint density at radius 2 is 1.34 bits per heavy atom. The summed E-state index contributed by atoms with van der Waals surface area (Å²) in [4.78, 5) is 0. The van der Waals surface area contributed by atoms with Gasteiger partial charge in [0.15, 0.2) is 0 Å². The van der Waals surface area contributed by atoms with Crippen molar-refractivity contribution >= 4 is 0 Å². The normalized spacial score (nSPS) is 14.9. The van der Waals surface area contributed by atoms with Gasteiger partial charge in [0, 0.05) is 25.2 Å². The lowest BCUT2D eigenvalue weighted by Gasteiger charge is -2.39. The molecule has 0 aliphatic carbocycles. The summed E-state index contributed by atoms with van der Waals surface area (Å²) in [6, 6.07) is 5.93. The standard InChI is InChI=1S/C21H31F5O3/c1-4-7-8-9-13-16-19(22,23)21(25,26)20(24,17-14-11-10-12-15-17)29-18(27-5-2)28-6-3/h10-12,14-15,18H,4-9,13,16H2,1-3H3. The van der Waals surface area contributed by atoms with E-state index in [-0.39, 0.29) is 19.6 Å². The van der Waals surface area contributed by atoms with Gasteiger partial charge >= 0.3 is 17.7 Å². The van der Waals surface area contributed by atoms with E-state index in [9.17, 15) is 17.6 Å². The molecule has 0 heterocycles. The smallest absolute Gasteiger partial charge is 0.330 e. The number of halogens is 5. The Bertz CT molecular complexity index is 565. The fraction of sp³-hybridized carbons (Fsp3) is 0.714. The first-order valence-electron chi connectivity index (χ1n) is 10.1. The van der Waals surface area contributed by atoms with Crippen molar-refractivity contribution in [1.82, 2.24) is 0 Å².